The van der Waals surface area contributed by atoms with Gasteiger partial charge in [-0.15, -0.1) is 10.2 Å². The average molecular weight is 469 g/mol. The van der Waals surface area contributed by atoms with Gasteiger partial charge >= 0.3 is 0 Å². The first-order chi connectivity index (χ1) is 15.0. The predicted molar refractivity (Wildman–Crippen MR) is 127 cm³/mol. The third-order valence-corrected chi connectivity index (χ3v) is 6.21. The summed E-state index contributed by atoms with van der Waals surface area (Å²) < 4.78 is 1.92. The summed E-state index contributed by atoms with van der Waals surface area (Å²) in [5.74, 6) is 0.714. The van der Waals surface area contributed by atoms with E-state index in [1.165, 1.54) is 11.8 Å². The van der Waals surface area contributed by atoms with Crippen molar-refractivity contribution in [1.29, 1.82) is 0 Å². The smallest absolute Gasteiger partial charge is 0.234 e. The van der Waals surface area contributed by atoms with E-state index >= 15 is 0 Å². The van der Waals surface area contributed by atoms with E-state index in [-0.39, 0.29) is 11.7 Å². The van der Waals surface area contributed by atoms with E-state index in [0.717, 1.165) is 16.8 Å². The zero-order valence-electron chi connectivity index (χ0n) is 16.5. The molecule has 4 aromatic rings. The van der Waals surface area contributed by atoms with Crippen LogP contribution in [-0.2, 0) is 4.79 Å². The number of nitrogens with zero attached hydrogens (tertiary/aromatic N) is 3. The molecule has 3 aromatic carbocycles. The number of halogens is 2. The molecule has 31 heavy (non-hydrogen) atoms. The van der Waals surface area contributed by atoms with Crippen LogP contribution in [0.3, 0.4) is 0 Å². The summed E-state index contributed by atoms with van der Waals surface area (Å²) >= 11 is 13.5. The maximum absolute atomic E-state index is 12.6. The van der Waals surface area contributed by atoms with Gasteiger partial charge in [0.2, 0.25) is 5.91 Å². The van der Waals surface area contributed by atoms with E-state index in [4.69, 9.17) is 23.2 Å². The van der Waals surface area contributed by atoms with Crippen molar-refractivity contribution in [2.45, 2.75) is 12.1 Å². The number of hydrogen-bond acceptors (Lipinski definition) is 4. The molecule has 8 heteroatoms. The highest BCUT2D eigenvalue weighted by Crippen LogP contribution is 2.29. The topological polar surface area (TPSA) is 59.8 Å². The van der Waals surface area contributed by atoms with Crippen LogP contribution < -0.4 is 5.32 Å². The van der Waals surface area contributed by atoms with Gasteiger partial charge in [0, 0.05) is 27.0 Å². The number of nitrogens with one attached hydrogen (secondary N) is 1. The van der Waals surface area contributed by atoms with Crippen molar-refractivity contribution >= 4 is 46.6 Å². The first kappa shape index (κ1) is 21.4. The monoisotopic (exact) mass is 468 g/mol. The fourth-order valence-corrected chi connectivity index (χ4v) is 4.07. The average Bonchev–Trinajstić information content (AvgIpc) is 3.21. The normalized spacial score (nSPS) is 10.8. The fraction of sp³-hybridized carbons (Fsp3) is 0.0870. The van der Waals surface area contributed by atoms with E-state index in [1.54, 1.807) is 12.1 Å². The van der Waals surface area contributed by atoms with Crippen molar-refractivity contribution in [3.63, 3.8) is 0 Å². The molecule has 0 unspecified atom stereocenters. The molecule has 0 bridgehead atoms. The van der Waals surface area contributed by atoms with E-state index in [0.29, 0.717) is 26.7 Å². The Bertz CT molecular complexity index is 1210. The molecule has 5 nitrogen and oxygen atoms in total. The number of carbonyl (C=O) groups is 1. The molecule has 0 saturated heterocycles. The lowest BCUT2D eigenvalue weighted by Gasteiger charge is -2.11. The summed E-state index contributed by atoms with van der Waals surface area (Å²) in [6.45, 7) is 1.87. The Morgan fingerprint density at radius 1 is 0.968 bits per heavy atom. The van der Waals surface area contributed by atoms with Gasteiger partial charge in [-0.05, 0) is 48.9 Å². The summed E-state index contributed by atoms with van der Waals surface area (Å²) in [6.07, 6.45) is 0. The third-order valence-electron chi connectivity index (χ3n) is 4.62. The Labute approximate surface area is 194 Å². The first-order valence-electron chi connectivity index (χ1n) is 9.47. The van der Waals surface area contributed by atoms with Crippen LogP contribution in [0, 0.1) is 6.92 Å². The van der Waals surface area contributed by atoms with Gasteiger partial charge in [-0.3, -0.25) is 9.36 Å². The van der Waals surface area contributed by atoms with Crippen LogP contribution in [0.1, 0.15) is 5.56 Å². The van der Waals surface area contributed by atoms with Crippen molar-refractivity contribution in [3.8, 4) is 17.1 Å². The van der Waals surface area contributed by atoms with Gasteiger partial charge in [0.15, 0.2) is 11.0 Å². The van der Waals surface area contributed by atoms with Crippen LogP contribution in [0.4, 0.5) is 5.69 Å². The number of rotatable bonds is 6. The molecule has 0 saturated carbocycles. The number of anilines is 1. The molecule has 1 amide bonds. The second-order valence-electron chi connectivity index (χ2n) is 6.73. The van der Waals surface area contributed by atoms with Gasteiger partial charge in [-0.25, -0.2) is 0 Å². The van der Waals surface area contributed by atoms with Crippen molar-refractivity contribution in [2.24, 2.45) is 0 Å². The number of benzene rings is 3. The Kier molecular flexibility index (Phi) is 6.61. The molecule has 156 valence electrons. The Morgan fingerprint density at radius 2 is 1.71 bits per heavy atom. The zero-order chi connectivity index (χ0) is 21.8. The van der Waals surface area contributed by atoms with E-state index in [1.807, 2.05) is 72.2 Å². The van der Waals surface area contributed by atoms with Crippen LogP contribution in [0.5, 0.6) is 0 Å². The van der Waals surface area contributed by atoms with Crippen LogP contribution in [0.15, 0.2) is 78.0 Å². The van der Waals surface area contributed by atoms with Gasteiger partial charge in [-0.2, -0.15) is 0 Å². The number of amides is 1. The SMILES string of the molecule is Cc1c(Cl)cccc1NC(=O)CSc1nnc(-c2ccccc2)n1-c1ccc(Cl)cc1. The summed E-state index contributed by atoms with van der Waals surface area (Å²) in [5, 5.41) is 13.5. The minimum Gasteiger partial charge on any atom is -0.325 e. The van der Waals surface area contributed by atoms with Crippen molar-refractivity contribution in [1.82, 2.24) is 14.8 Å². The third kappa shape index (κ3) is 4.93. The highest BCUT2D eigenvalue weighted by molar-refractivity contribution is 7.99. The summed E-state index contributed by atoms with van der Waals surface area (Å²) in [4.78, 5) is 12.6. The summed E-state index contributed by atoms with van der Waals surface area (Å²) in [7, 11) is 0. The Balaban J connectivity index is 1.59. The standard InChI is InChI=1S/C23H18Cl2N4OS/c1-15-19(25)8-5-9-20(15)26-21(30)14-31-23-28-27-22(16-6-3-2-4-7-16)29(23)18-12-10-17(24)11-13-18/h2-13H,14H2,1H3,(H,26,30). The first-order valence-corrected chi connectivity index (χ1v) is 11.2. The highest BCUT2D eigenvalue weighted by atomic mass is 35.5. The largest absolute Gasteiger partial charge is 0.325 e. The molecule has 0 radical (unpaired) electrons. The fourth-order valence-electron chi connectivity index (χ4n) is 3.02. The molecule has 0 fully saturated rings. The minimum absolute atomic E-state index is 0.151. The molecular weight excluding hydrogens is 451 g/mol. The molecule has 0 aliphatic carbocycles. The highest BCUT2D eigenvalue weighted by Gasteiger charge is 2.17. The second-order valence-corrected chi connectivity index (χ2v) is 8.52. The number of carbonyl (C=O) groups excluding carboxylic acids is 1. The number of hydrogen-bond donors (Lipinski definition) is 1. The summed E-state index contributed by atoms with van der Waals surface area (Å²) in [6, 6.07) is 22.6. The molecular formula is C23H18Cl2N4OS. The van der Waals surface area contributed by atoms with Crippen LogP contribution >= 0.6 is 35.0 Å². The molecule has 0 atom stereocenters. The molecule has 1 N–H and O–H groups in total. The van der Waals surface area contributed by atoms with Gasteiger partial charge in [0.1, 0.15) is 0 Å². The second kappa shape index (κ2) is 9.56. The minimum atomic E-state index is -0.151. The molecule has 0 aliphatic heterocycles. The van der Waals surface area contributed by atoms with Crippen molar-refractivity contribution in [3.05, 3.63) is 88.4 Å². The molecule has 1 heterocycles. The Hall–Kier alpha value is -2.80. The lowest BCUT2D eigenvalue weighted by molar-refractivity contribution is -0.113. The van der Waals surface area contributed by atoms with Crippen LogP contribution in [0.25, 0.3) is 17.1 Å². The van der Waals surface area contributed by atoms with Crippen LogP contribution in [-0.4, -0.2) is 26.4 Å². The van der Waals surface area contributed by atoms with Crippen molar-refractivity contribution < 1.29 is 4.79 Å². The quantitative estimate of drug-likeness (QED) is 0.338. The van der Waals surface area contributed by atoms with Crippen molar-refractivity contribution in [2.75, 3.05) is 11.1 Å². The molecule has 1 aromatic heterocycles. The molecule has 0 spiro atoms. The van der Waals surface area contributed by atoms with Crippen LogP contribution in [0.2, 0.25) is 10.0 Å². The number of aromatic nitrogens is 3. The number of thioether (sulfide) groups is 1. The Morgan fingerprint density at radius 3 is 2.45 bits per heavy atom. The summed E-state index contributed by atoms with van der Waals surface area (Å²) in [5.41, 5.74) is 3.32. The molecule has 0 aliphatic rings. The van der Waals surface area contributed by atoms with Gasteiger partial charge in [-0.1, -0.05) is 71.4 Å². The lowest BCUT2D eigenvalue weighted by atomic mass is 10.2. The predicted octanol–water partition coefficient (Wildman–Crippen LogP) is 6.28. The van der Waals surface area contributed by atoms with Gasteiger partial charge in [0.25, 0.3) is 0 Å². The van der Waals surface area contributed by atoms with E-state index in [2.05, 4.69) is 15.5 Å². The zero-order valence-corrected chi connectivity index (χ0v) is 18.9. The maximum Gasteiger partial charge on any atom is 0.234 e. The van der Waals surface area contributed by atoms with Gasteiger partial charge < -0.3 is 5.32 Å². The van der Waals surface area contributed by atoms with E-state index in [9.17, 15) is 4.79 Å². The molecule has 4 rings (SSSR count). The van der Waals surface area contributed by atoms with E-state index < -0.39 is 0 Å². The lowest BCUT2D eigenvalue weighted by Crippen LogP contribution is -2.15. The van der Waals surface area contributed by atoms with Gasteiger partial charge in [0.05, 0.1) is 5.75 Å². The maximum atomic E-state index is 12.6.